The van der Waals surface area contributed by atoms with Crippen molar-refractivity contribution in [1.82, 2.24) is 4.90 Å². The number of rotatable bonds is 8. The van der Waals surface area contributed by atoms with Crippen LogP contribution >= 0.6 is 11.8 Å². The number of carbonyl (C=O) groups is 3. The Bertz CT molecular complexity index is 1270. The number of amides is 2. The van der Waals surface area contributed by atoms with Crippen molar-refractivity contribution in [3.05, 3.63) is 100.0 Å². The highest BCUT2D eigenvalue weighted by molar-refractivity contribution is 8.18. The van der Waals surface area contributed by atoms with E-state index in [1.165, 1.54) is 12.0 Å². The van der Waals surface area contributed by atoms with Crippen molar-refractivity contribution in [2.45, 2.75) is 13.2 Å². The summed E-state index contributed by atoms with van der Waals surface area (Å²) in [6, 6.07) is 21.7. The minimum absolute atomic E-state index is 0.110. The van der Waals surface area contributed by atoms with Gasteiger partial charge in [0.2, 0.25) is 0 Å². The summed E-state index contributed by atoms with van der Waals surface area (Å²) in [5, 5.41) is -0.354. The Morgan fingerprint density at radius 2 is 1.66 bits per heavy atom. The van der Waals surface area contributed by atoms with Crippen LogP contribution in [0.25, 0.3) is 6.08 Å². The Balaban J connectivity index is 1.46. The van der Waals surface area contributed by atoms with Gasteiger partial charge in [-0.2, -0.15) is 0 Å². The summed E-state index contributed by atoms with van der Waals surface area (Å²) in [6.07, 6.45) is 1.66. The largest absolute Gasteiger partial charge is 0.493 e. The summed E-state index contributed by atoms with van der Waals surface area (Å²) in [6.45, 7) is 0.509. The van der Waals surface area contributed by atoms with E-state index in [2.05, 4.69) is 4.74 Å². The molecular weight excluding hydrogens is 466 g/mol. The van der Waals surface area contributed by atoms with E-state index in [4.69, 9.17) is 9.47 Å². The first kappa shape index (κ1) is 24.1. The number of methoxy groups -OCH3 is 2. The second-order valence-corrected chi connectivity index (χ2v) is 8.63. The van der Waals surface area contributed by atoms with Crippen molar-refractivity contribution in [2.24, 2.45) is 0 Å². The topological polar surface area (TPSA) is 82.1 Å². The second-order valence-electron chi connectivity index (χ2n) is 7.64. The van der Waals surface area contributed by atoms with Gasteiger partial charge in [-0.3, -0.25) is 14.5 Å². The van der Waals surface area contributed by atoms with Gasteiger partial charge in [0.05, 0.1) is 31.2 Å². The Kier molecular flexibility index (Phi) is 7.52. The minimum atomic E-state index is -0.447. The first-order chi connectivity index (χ1) is 17.0. The fraction of sp³-hybridized carbons (Fsp3) is 0.148. The molecule has 0 bridgehead atoms. The standard InChI is InChI=1S/C27H23NO6S/c1-32-23-14-20(10-13-22(23)34-17-19-6-4-3-5-7-19)15-24-25(29)28(27(31)35-24)16-18-8-11-21(12-9-18)26(30)33-2/h3-15H,16-17H2,1-2H3/b24-15-. The summed E-state index contributed by atoms with van der Waals surface area (Å²) in [7, 11) is 2.86. The van der Waals surface area contributed by atoms with Gasteiger partial charge in [0.15, 0.2) is 11.5 Å². The molecule has 1 saturated heterocycles. The lowest BCUT2D eigenvalue weighted by molar-refractivity contribution is -0.123. The van der Waals surface area contributed by atoms with Crippen molar-refractivity contribution < 1.29 is 28.6 Å². The number of ether oxygens (including phenoxy) is 3. The molecule has 1 aliphatic heterocycles. The Labute approximate surface area is 207 Å². The van der Waals surface area contributed by atoms with E-state index >= 15 is 0 Å². The third-order valence-corrected chi connectivity index (χ3v) is 6.22. The molecule has 0 N–H and O–H groups in total. The normalized spacial score (nSPS) is 14.3. The highest BCUT2D eigenvalue weighted by atomic mass is 32.2. The maximum Gasteiger partial charge on any atom is 0.337 e. The van der Waals surface area contributed by atoms with Crippen LogP contribution in [0.3, 0.4) is 0 Å². The van der Waals surface area contributed by atoms with Crippen molar-refractivity contribution in [1.29, 1.82) is 0 Å². The molecule has 1 fully saturated rings. The predicted octanol–water partition coefficient (Wildman–Crippen LogP) is 5.30. The monoisotopic (exact) mass is 489 g/mol. The lowest BCUT2D eigenvalue weighted by atomic mass is 10.1. The quantitative estimate of drug-likeness (QED) is 0.314. The number of nitrogens with zero attached hydrogens (tertiary/aromatic N) is 1. The summed E-state index contributed by atoms with van der Waals surface area (Å²) >= 11 is 0.885. The smallest absolute Gasteiger partial charge is 0.337 e. The average Bonchev–Trinajstić information content (AvgIpc) is 3.15. The summed E-state index contributed by atoms with van der Waals surface area (Å²) in [5.74, 6) is 0.287. The van der Waals surface area contributed by atoms with Crippen molar-refractivity contribution in [3.63, 3.8) is 0 Å². The maximum atomic E-state index is 12.9. The van der Waals surface area contributed by atoms with E-state index in [9.17, 15) is 14.4 Å². The molecule has 0 atom stereocenters. The van der Waals surface area contributed by atoms with Crippen LogP contribution in [0.5, 0.6) is 11.5 Å². The highest BCUT2D eigenvalue weighted by Gasteiger charge is 2.35. The third kappa shape index (κ3) is 5.73. The number of esters is 1. The van der Waals surface area contributed by atoms with Gasteiger partial charge in [-0.15, -0.1) is 0 Å². The molecule has 0 saturated carbocycles. The van der Waals surface area contributed by atoms with Gasteiger partial charge in [-0.25, -0.2) is 4.79 Å². The molecule has 2 amide bonds. The molecule has 0 spiro atoms. The van der Waals surface area contributed by atoms with Crippen LogP contribution in [-0.2, 0) is 22.7 Å². The zero-order chi connectivity index (χ0) is 24.8. The van der Waals surface area contributed by atoms with E-state index in [1.54, 1.807) is 49.6 Å². The molecule has 1 heterocycles. The summed E-state index contributed by atoms with van der Waals surface area (Å²) < 4.78 is 16.0. The van der Waals surface area contributed by atoms with Gasteiger partial charge in [0.1, 0.15) is 6.61 Å². The number of benzene rings is 3. The number of carbonyl (C=O) groups excluding carboxylic acids is 3. The van der Waals surface area contributed by atoms with E-state index in [-0.39, 0.29) is 17.7 Å². The molecular formula is C27H23NO6S. The minimum Gasteiger partial charge on any atom is -0.493 e. The molecule has 3 aromatic rings. The summed E-state index contributed by atoms with van der Waals surface area (Å²) in [4.78, 5) is 38.5. The van der Waals surface area contributed by atoms with Crippen molar-refractivity contribution >= 4 is 35.0 Å². The zero-order valence-electron chi connectivity index (χ0n) is 19.2. The lowest BCUT2D eigenvalue weighted by Gasteiger charge is -2.13. The molecule has 0 aliphatic carbocycles. The van der Waals surface area contributed by atoms with Gasteiger partial charge in [-0.1, -0.05) is 48.5 Å². The van der Waals surface area contributed by atoms with Crippen molar-refractivity contribution in [3.8, 4) is 11.5 Å². The number of hydrogen-bond donors (Lipinski definition) is 0. The zero-order valence-corrected chi connectivity index (χ0v) is 20.0. The molecule has 1 aliphatic rings. The highest BCUT2D eigenvalue weighted by Crippen LogP contribution is 2.35. The van der Waals surface area contributed by atoms with E-state index in [0.717, 1.165) is 22.9 Å². The van der Waals surface area contributed by atoms with Gasteiger partial charge >= 0.3 is 5.97 Å². The number of thioether (sulfide) groups is 1. The van der Waals surface area contributed by atoms with Crippen LogP contribution in [0.15, 0.2) is 77.7 Å². The molecule has 0 radical (unpaired) electrons. The average molecular weight is 490 g/mol. The van der Waals surface area contributed by atoms with Crippen LogP contribution in [-0.4, -0.2) is 36.2 Å². The predicted molar refractivity (Wildman–Crippen MR) is 133 cm³/mol. The number of imide groups is 1. The molecule has 0 unspecified atom stereocenters. The first-order valence-electron chi connectivity index (χ1n) is 10.8. The van der Waals surface area contributed by atoms with E-state index in [1.807, 2.05) is 36.4 Å². The van der Waals surface area contributed by atoms with Gasteiger partial charge in [-0.05, 0) is 58.8 Å². The molecule has 7 nitrogen and oxygen atoms in total. The van der Waals surface area contributed by atoms with Crippen LogP contribution in [0.1, 0.15) is 27.0 Å². The Hall–Kier alpha value is -4.04. The van der Waals surface area contributed by atoms with Gasteiger partial charge < -0.3 is 14.2 Å². The fourth-order valence-electron chi connectivity index (χ4n) is 3.46. The third-order valence-electron chi connectivity index (χ3n) is 5.31. The SMILES string of the molecule is COC(=O)c1ccc(CN2C(=O)S/C(=C\c3ccc(OCc4ccccc4)c(OC)c3)C2=O)cc1. The molecule has 35 heavy (non-hydrogen) atoms. The van der Waals surface area contributed by atoms with Gasteiger partial charge in [0, 0.05) is 0 Å². The van der Waals surface area contributed by atoms with Crippen LogP contribution < -0.4 is 9.47 Å². The van der Waals surface area contributed by atoms with Crippen molar-refractivity contribution in [2.75, 3.05) is 14.2 Å². The van der Waals surface area contributed by atoms with E-state index < -0.39 is 5.97 Å². The molecule has 4 rings (SSSR count). The summed E-state index contributed by atoms with van der Waals surface area (Å²) in [5.41, 5.74) is 2.87. The van der Waals surface area contributed by atoms with Crippen LogP contribution in [0.2, 0.25) is 0 Å². The number of hydrogen-bond acceptors (Lipinski definition) is 7. The molecule has 178 valence electrons. The van der Waals surface area contributed by atoms with Gasteiger partial charge in [0.25, 0.3) is 11.1 Å². The fourth-order valence-corrected chi connectivity index (χ4v) is 4.30. The Morgan fingerprint density at radius 1 is 0.914 bits per heavy atom. The first-order valence-corrected chi connectivity index (χ1v) is 11.6. The maximum absolute atomic E-state index is 12.9. The lowest BCUT2D eigenvalue weighted by Crippen LogP contribution is -2.27. The van der Waals surface area contributed by atoms with Crippen LogP contribution in [0, 0.1) is 0 Å². The van der Waals surface area contributed by atoms with E-state index in [0.29, 0.717) is 34.1 Å². The van der Waals surface area contributed by atoms with Crippen LogP contribution in [0.4, 0.5) is 4.79 Å². The Morgan fingerprint density at radius 3 is 2.34 bits per heavy atom. The molecule has 8 heteroatoms. The molecule has 3 aromatic carbocycles. The second kappa shape index (κ2) is 10.9. The molecule has 0 aromatic heterocycles.